The van der Waals surface area contributed by atoms with E-state index in [2.05, 4.69) is 46.8 Å². The van der Waals surface area contributed by atoms with E-state index in [-0.39, 0.29) is 11.3 Å². The zero-order valence-electron chi connectivity index (χ0n) is 12.6. The third-order valence-electron chi connectivity index (χ3n) is 3.04. The molecule has 0 heterocycles. The molecule has 0 rings (SSSR count). The zero-order chi connectivity index (χ0) is 13.6. The Labute approximate surface area is 107 Å². The van der Waals surface area contributed by atoms with Crippen molar-refractivity contribution in [3.63, 3.8) is 0 Å². The predicted molar refractivity (Wildman–Crippen MR) is 76.0 cm³/mol. The summed E-state index contributed by atoms with van der Waals surface area (Å²) in [5, 5.41) is 0. The first-order valence-corrected chi connectivity index (χ1v) is 6.50. The molecule has 1 heteroatoms. The van der Waals surface area contributed by atoms with Crippen molar-refractivity contribution in [1.82, 2.24) is 0 Å². The number of carbonyl (C=O) groups excluding carboxylic acids is 1. The maximum absolute atomic E-state index is 12.3. The molecule has 0 unspecified atom stereocenters. The molecule has 0 bridgehead atoms. The first-order valence-electron chi connectivity index (χ1n) is 6.50. The molecule has 0 saturated carbocycles. The van der Waals surface area contributed by atoms with Gasteiger partial charge in [-0.15, -0.1) is 0 Å². The standard InChI is InChI=1S/C16H28O/c1-12(2)8-10-16(7,11-9-13(3)4)15(17)14(5)6/h8-9,14H,10-11H2,1-7H3. The van der Waals surface area contributed by atoms with Gasteiger partial charge in [-0.25, -0.2) is 0 Å². The Balaban J connectivity index is 4.99. The molecule has 0 aliphatic rings. The van der Waals surface area contributed by atoms with Gasteiger partial charge in [-0.1, -0.05) is 44.1 Å². The second kappa shape index (κ2) is 6.78. The number of ketones is 1. The molecule has 0 spiro atoms. The highest BCUT2D eigenvalue weighted by molar-refractivity contribution is 5.86. The van der Waals surface area contributed by atoms with Crippen molar-refractivity contribution >= 4 is 5.78 Å². The number of rotatable bonds is 6. The van der Waals surface area contributed by atoms with Gasteiger partial charge in [0.25, 0.3) is 0 Å². The van der Waals surface area contributed by atoms with Crippen LogP contribution in [-0.4, -0.2) is 5.78 Å². The minimum Gasteiger partial charge on any atom is -0.299 e. The highest BCUT2D eigenvalue weighted by atomic mass is 16.1. The first kappa shape index (κ1) is 16.1. The Kier molecular flexibility index (Phi) is 6.44. The lowest BCUT2D eigenvalue weighted by molar-refractivity contribution is -0.130. The van der Waals surface area contributed by atoms with Gasteiger partial charge in [0.1, 0.15) is 5.78 Å². The monoisotopic (exact) mass is 236 g/mol. The van der Waals surface area contributed by atoms with Crippen LogP contribution in [0.4, 0.5) is 0 Å². The fourth-order valence-electron chi connectivity index (χ4n) is 1.84. The normalized spacial score (nSPS) is 11.3. The molecule has 0 aliphatic heterocycles. The van der Waals surface area contributed by atoms with Crippen molar-refractivity contribution in [2.75, 3.05) is 0 Å². The first-order chi connectivity index (χ1) is 7.69. The Hall–Kier alpha value is -0.850. The van der Waals surface area contributed by atoms with Crippen molar-refractivity contribution in [2.24, 2.45) is 11.3 Å². The Morgan fingerprint density at radius 1 is 1.00 bits per heavy atom. The highest BCUT2D eigenvalue weighted by Crippen LogP contribution is 2.32. The quantitative estimate of drug-likeness (QED) is 0.598. The van der Waals surface area contributed by atoms with Crippen LogP contribution in [0.1, 0.15) is 61.3 Å². The average Bonchev–Trinajstić information content (AvgIpc) is 2.22. The fraction of sp³-hybridized carbons (Fsp3) is 0.688. The Morgan fingerprint density at radius 2 is 1.35 bits per heavy atom. The van der Waals surface area contributed by atoms with E-state index in [0.29, 0.717) is 5.78 Å². The minimum atomic E-state index is -0.247. The lowest BCUT2D eigenvalue weighted by atomic mass is 9.74. The summed E-state index contributed by atoms with van der Waals surface area (Å²) in [5.74, 6) is 0.476. The molecule has 0 saturated heterocycles. The van der Waals surface area contributed by atoms with Crippen LogP contribution >= 0.6 is 0 Å². The number of hydrogen-bond donors (Lipinski definition) is 0. The van der Waals surface area contributed by atoms with Crippen molar-refractivity contribution in [2.45, 2.75) is 61.3 Å². The lowest BCUT2D eigenvalue weighted by Gasteiger charge is -2.28. The van der Waals surface area contributed by atoms with E-state index in [1.807, 2.05) is 13.8 Å². The Morgan fingerprint density at radius 3 is 1.59 bits per heavy atom. The van der Waals surface area contributed by atoms with Gasteiger partial charge in [-0.05, 0) is 40.5 Å². The van der Waals surface area contributed by atoms with Crippen LogP contribution in [0.3, 0.4) is 0 Å². The van der Waals surface area contributed by atoms with E-state index in [0.717, 1.165) is 12.8 Å². The molecular formula is C16H28O. The van der Waals surface area contributed by atoms with Gasteiger partial charge < -0.3 is 0 Å². The van der Waals surface area contributed by atoms with E-state index in [1.54, 1.807) is 0 Å². The molecule has 0 N–H and O–H groups in total. The maximum Gasteiger partial charge on any atom is 0.141 e. The SMILES string of the molecule is CC(C)=CCC(C)(CC=C(C)C)C(=O)C(C)C. The molecule has 0 fully saturated rings. The van der Waals surface area contributed by atoms with Gasteiger partial charge in [-0.2, -0.15) is 0 Å². The number of Topliss-reactive ketones (excluding diaryl/α,β-unsaturated/α-hetero) is 1. The zero-order valence-corrected chi connectivity index (χ0v) is 12.6. The van der Waals surface area contributed by atoms with Crippen LogP contribution in [-0.2, 0) is 4.79 Å². The molecule has 0 atom stereocenters. The second-order valence-corrected chi connectivity index (χ2v) is 6.05. The van der Waals surface area contributed by atoms with Crippen LogP contribution in [0, 0.1) is 11.3 Å². The summed E-state index contributed by atoms with van der Waals surface area (Å²) >= 11 is 0. The minimum absolute atomic E-state index is 0.108. The van der Waals surface area contributed by atoms with Crippen LogP contribution in [0.15, 0.2) is 23.3 Å². The molecule has 0 aromatic heterocycles. The van der Waals surface area contributed by atoms with Gasteiger partial charge in [0.2, 0.25) is 0 Å². The molecule has 0 aromatic rings. The average molecular weight is 236 g/mol. The van der Waals surface area contributed by atoms with Crippen molar-refractivity contribution in [3.8, 4) is 0 Å². The maximum atomic E-state index is 12.3. The molecule has 98 valence electrons. The summed E-state index contributed by atoms with van der Waals surface area (Å²) in [7, 11) is 0. The third kappa shape index (κ3) is 5.86. The van der Waals surface area contributed by atoms with E-state index in [1.165, 1.54) is 11.1 Å². The topological polar surface area (TPSA) is 17.1 Å². The third-order valence-corrected chi connectivity index (χ3v) is 3.04. The molecule has 0 radical (unpaired) electrons. The van der Waals surface area contributed by atoms with Gasteiger partial charge in [0.15, 0.2) is 0 Å². The van der Waals surface area contributed by atoms with Crippen LogP contribution in [0.25, 0.3) is 0 Å². The Bertz CT molecular complexity index is 290. The van der Waals surface area contributed by atoms with Crippen LogP contribution in [0.5, 0.6) is 0 Å². The van der Waals surface area contributed by atoms with Crippen molar-refractivity contribution in [3.05, 3.63) is 23.3 Å². The number of carbonyl (C=O) groups is 1. The molecule has 0 amide bonds. The van der Waals surface area contributed by atoms with E-state index < -0.39 is 0 Å². The van der Waals surface area contributed by atoms with Crippen molar-refractivity contribution in [1.29, 1.82) is 0 Å². The van der Waals surface area contributed by atoms with Crippen LogP contribution in [0.2, 0.25) is 0 Å². The number of hydrogen-bond acceptors (Lipinski definition) is 1. The molecule has 17 heavy (non-hydrogen) atoms. The predicted octanol–water partition coefficient (Wildman–Crippen LogP) is 4.93. The molecule has 1 nitrogen and oxygen atoms in total. The smallest absolute Gasteiger partial charge is 0.141 e. The van der Waals surface area contributed by atoms with Gasteiger partial charge >= 0.3 is 0 Å². The summed E-state index contributed by atoms with van der Waals surface area (Å²) in [5.41, 5.74) is 2.32. The molecule has 0 aromatic carbocycles. The summed E-state index contributed by atoms with van der Waals surface area (Å²) in [4.78, 5) is 12.3. The van der Waals surface area contributed by atoms with E-state index in [9.17, 15) is 4.79 Å². The summed E-state index contributed by atoms with van der Waals surface area (Å²) in [6, 6.07) is 0. The summed E-state index contributed by atoms with van der Waals surface area (Å²) < 4.78 is 0. The summed E-state index contributed by atoms with van der Waals surface area (Å²) in [6.07, 6.45) is 6.05. The largest absolute Gasteiger partial charge is 0.299 e. The molecular weight excluding hydrogens is 208 g/mol. The fourth-order valence-corrected chi connectivity index (χ4v) is 1.84. The second-order valence-electron chi connectivity index (χ2n) is 6.05. The lowest BCUT2D eigenvalue weighted by Crippen LogP contribution is -2.30. The van der Waals surface area contributed by atoms with Crippen molar-refractivity contribution < 1.29 is 4.79 Å². The molecule has 0 aliphatic carbocycles. The van der Waals surface area contributed by atoms with Gasteiger partial charge in [0, 0.05) is 11.3 Å². The highest BCUT2D eigenvalue weighted by Gasteiger charge is 2.32. The number of allylic oxidation sites excluding steroid dienone is 4. The van der Waals surface area contributed by atoms with Gasteiger partial charge in [-0.3, -0.25) is 4.79 Å². The van der Waals surface area contributed by atoms with E-state index >= 15 is 0 Å². The van der Waals surface area contributed by atoms with Gasteiger partial charge in [0.05, 0.1) is 0 Å². The van der Waals surface area contributed by atoms with Crippen LogP contribution < -0.4 is 0 Å². The van der Waals surface area contributed by atoms with E-state index in [4.69, 9.17) is 0 Å². The summed E-state index contributed by atoms with van der Waals surface area (Å²) in [6.45, 7) is 14.4.